The van der Waals surface area contributed by atoms with E-state index in [1.807, 2.05) is 36.4 Å². The number of benzene rings is 9. The van der Waals surface area contributed by atoms with Gasteiger partial charge < -0.3 is 0 Å². The Hall–Kier alpha value is -7.26. The molecule has 0 aliphatic carbocycles. The zero-order valence-corrected chi connectivity index (χ0v) is 28.8. The summed E-state index contributed by atoms with van der Waals surface area (Å²) in [7, 11) is 0. The van der Waals surface area contributed by atoms with Crippen LogP contribution in [0.3, 0.4) is 0 Å². The molecule has 11 aromatic carbocycles. The Morgan fingerprint density at radius 2 is 1.04 bits per heavy atom. The molecule has 0 saturated heterocycles. The molecule has 0 aromatic heterocycles. The fourth-order valence-electron chi connectivity index (χ4n) is 9.39. The molecule has 0 aliphatic heterocycles. The topological polar surface area (TPSA) is 28.1 Å². The molecule has 242 valence electrons. The van der Waals surface area contributed by atoms with E-state index >= 15 is 0 Å². The van der Waals surface area contributed by atoms with Gasteiger partial charge in [0.05, 0.1) is 18.2 Å². The van der Waals surface area contributed by atoms with E-state index in [1.54, 1.807) is 0 Å². The normalized spacial score (nSPS) is 11.8. The van der Waals surface area contributed by atoms with Crippen LogP contribution in [0.5, 0.6) is 0 Å². The maximum Gasteiger partial charge on any atom is 0.187 e. The Kier molecular flexibility index (Phi) is 6.04. The molecule has 0 N–H and O–H groups in total. The Bertz CT molecular complexity index is 3430. The van der Waals surface area contributed by atoms with Crippen LogP contribution in [0.2, 0.25) is 0 Å². The van der Waals surface area contributed by atoms with Crippen molar-refractivity contribution in [2.75, 3.05) is 0 Å². The lowest BCUT2D eigenvalue weighted by atomic mass is 9.83. The molecule has 0 saturated carbocycles. The van der Waals surface area contributed by atoms with E-state index in [0.29, 0.717) is 11.3 Å². The molecule has 0 bridgehead atoms. The highest BCUT2D eigenvalue weighted by atomic mass is 14.6. The minimum atomic E-state index is 0.615. The standard InChI is InChI=1S/C51H28N2/c1-29-11-3-4-16-34(29)37-23-24-42-47-39(37)20-10-22-41(47)51-46(31-13-7-12-30(25-31)28-52)49-40-21-9-19-38-35-17-5-6-18-36(35)43(48(38)40)27-44(49)45(50(42)51)32-14-8-15-33(26-32)53-2/h3-27H,1H3. The van der Waals surface area contributed by atoms with Gasteiger partial charge in [-0.15, -0.1) is 0 Å². The molecule has 0 radical (unpaired) electrons. The van der Waals surface area contributed by atoms with Gasteiger partial charge in [0, 0.05) is 0 Å². The second-order valence-corrected chi connectivity index (χ2v) is 14.2. The minimum Gasteiger partial charge on any atom is -0.238 e. The number of nitriles is 1. The number of nitrogens with zero attached hydrogens (tertiary/aromatic N) is 2. The number of hydrogen-bond donors (Lipinski definition) is 0. The van der Waals surface area contributed by atoms with Gasteiger partial charge in [0.25, 0.3) is 0 Å². The molecule has 0 fully saturated rings. The first-order chi connectivity index (χ1) is 26.1. The van der Waals surface area contributed by atoms with Gasteiger partial charge in [-0.2, -0.15) is 5.26 Å². The van der Waals surface area contributed by atoms with Gasteiger partial charge in [-0.3, -0.25) is 0 Å². The van der Waals surface area contributed by atoms with E-state index < -0.39 is 0 Å². The molecule has 53 heavy (non-hydrogen) atoms. The van der Waals surface area contributed by atoms with Crippen LogP contribution < -0.4 is 0 Å². The maximum absolute atomic E-state index is 10.2. The van der Waals surface area contributed by atoms with Crippen molar-refractivity contribution in [3.05, 3.63) is 174 Å². The zero-order valence-electron chi connectivity index (χ0n) is 28.8. The third-order valence-electron chi connectivity index (χ3n) is 11.5. The third-order valence-corrected chi connectivity index (χ3v) is 11.5. The summed E-state index contributed by atoms with van der Waals surface area (Å²) >= 11 is 0. The van der Waals surface area contributed by atoms with Crippen LogP contribution in [0, 0.1) is 24.8 Å². The minimum absolute atomic E-state index is 0.615. The Balaban J connectivity index is 1.47. The van der Waals surface area contributed by atoms with E-state index in [-0.39, 0.29) is 0 Å². The molecule has 0 amide bonds. The summed E-state index contributed by atoms with van der Waals surface area (Å²) in [6, 6.07) is 56.5. The molecule has 0 heterocycles. The molecule has 11 rings (SSSR count). The predicted molar refractivity (Wildman–Crippen MR) is 223 cm³/mol. The lowest BCUT2D eigenvalue weighted by Gasteiger charge is -2.19. The van der Waals surface area contributed by atoms with Crippen LogP contribution in [0.15, 0.2) is 152 Å². The summed E-state index contributed by atoms with van der Waals surface area (Å²) in [5.41, 5.74) is 9.25. The van der Waals surface area contributed by atoms with E-state index in [1.165, 1.54) is 86.7 Å². The quantitative estimate of drug-likeness (QED) is 0.136. The van der Waals surface area contributed by atoms with Crippen molar-refractivity contribution >= 4 is 81.1 Å². The SMILES string of the molecule is [C-]#[N+]c1cccc(-c2c3cc4c5ccccc5c5cccc(c3c(-c3cccc(C#N)c3)c3c6cccc7c(-c8ccccc8C)ccc(c23)c76)c54)c1. The average molecular weight is 669 g/mol. The highest BCUT2D eigenvalue weighted by Crippen LogP contribution is 2.55. The second-order valence-electron chi connectivity index (χ2n) is 14.2. The smallest absolute Gasteiger partial charge is 0.187 e. The number of aryl methyl sites for hydroxylation is 1. The monoisotopic (exact) mass is 668 g/mol. The van der Waals surface area contributed by atoms with Gasteiger partial charge in [0.2, 0.25) is 0 Å². The molecule has 2 heteroatoms. The summed E-state index contributed by atoms with van der Waals surface area (Å²) in [5, 5.41) is 27.1. The predicted octanol–water partition coefficient (Wildman–Crippen LogP) is 14.4. The zero-order chi connectivity index (χ0) is 35.4. The first kappa shape index (κ1) is 29.5. The van der Waals surface area contributed by atoms with Crippen molar-refractivity contribution in [2.45, 2.75) is 6.92 Å². The number of fused-ring (bicyclic) bond motifs is 8. The highest BCUT2D eigenvalue weighted by molar-refractivity contribution is 6.45. The van der Waals surface area contributed by atoms with Crippen LogP contribution >= 0.6 is 0 Å². The molecule has 0 spiro atoms. The van der Waals surface area contributed by atoms with Gasteiger partial charge in [0.1, 0.15) is 0 Å². The summed E-state index contributed by atoms with van der Waals surface area (Å²) in [4.78, 5) is 3.89. The van der Waals surface area contributed by atoms with Crippen molar-refractivity contribution < 1.29 is 0 Å². The maximum atomic E-state index is 10.2. The van der Waals surface area contributed by atoms with Gasteiger partial charge in [-0.05, 0) is 146 Å². The van der Waals surface area contributed by atoms with E-state index in [2.05, 4.69) is 133 Å². The molecule has 0 aliphatic rings. The van der Waals surface area contributed by atoms with Crippen LogP contribution in [0.25, 0.3) is 114 Å². The Morgan fingerprint density at radius 1 is 0.434 bits per heavy atom. The largest absolute Gasteiger partial charge is 0.238 e. The number of hydrogen-bond acceptors (Lipinski definition) is 1. The van der Waals surface area contributed by atoms with Crippen molar-refractivity contribution in [2.24, 2.45) is 0 Å². The van der Waals surface area contributed by atoms with Crippen LogP contribution in [0.4, 0.5) is 5.69 Å². The van der Waals surface area contributed by atoms with Crippen LogP contribution in [0.1, 0.15) is 11.1 Å². The lowest BCUT2D eigenvalue weighted by molar-refractivity contribution is 1.47. The first-order valence-electron chi connectivity index (χ1n) is 17.9. The highest BCUT2D eigenvalue weighted by Gasteiger charge is 2.27. The van der Waals surface area contributed by atoms with E-state index in [9.17, 15) is 5.26 Å². The fourth-order valence-corrected chi connectivity index (χ4v) is 9.39. The first-order valence-corrected chi connectivity index (χ1v) is 17.9. The third kappa shape index (κ3) is 3.96. The Labute approximate surface area is 305 Å². The summed E-state index contributed by atoms with van der Waals surface area (Å²) in [6.45, 7) is 10.2. The van der Waals surface area contributed by atoms with Crippen molar-refractivity contribution in [3.63, 3.8) is 0 Å². The summed E-state index contributed by atoms with van der Waals surface area (Å²) in [5.74, 6) is 0. The molecule has 0 atom stereocenters. The van der Waals surface area contributed by atoms with Crippen molar-refractivity contribution in [3.8, 4) is 39.4 Å². The Morgan fingerprint density at radius 3 is 1.83 bits per heavy atom. The molecule has 2 nitrogen and oxygen atoms in total. The van der Waals surface area contributed by atoms with Crippen molar-refractivity contribution in [1.82, 2.24) is 0 Å². The molecule has 11 aromatic rings. The van der Waals surface area contributed by atoms with Gasteiger partial charge in [-0.1, -0.05) is 127 Å². The molecule has 0 unspecified atom stereocenters. The lowest BCUT2D eigenvalue weighted by Crippen LogP contribution is -1.91. The molecular formula is C51H28N2. The summed E-state index contributed by atoms with van der Waals surface area (Å²) in [6.07, 6.45) is 0. The second kappa shape index (κ2) is 10.9. The van der Waals surface area contributed by atoms with E-state index in [4.69, 9.17) is 6.57 Å². The van der Waals surface area contributed by atoms with Gasteiger partial charge in [0.15, 0.2) is 5.69 Å². The van der Waals surface area contributed by atoms with Crippen LogP contribution in [-0.2, 0) is 0 Å². The average Bonchev–Trinajstić information content (AvgIpc) is 3.72. The van der Waals surface area contributed by atoms with E-state index in [0.717, 1.165) is 27.6 Å². The number of rotatable bonds is 3. The molecular weight excluding hydrogens is 641 g/mol. The summed E-state index contributed by atoms with van der Waals surface area (Å²) < 4.78 is 0. The van der Waals surface area contributed by atoms with Gasteiger partial charge in [-0.25, -0.2) is 4.85 Å². The van der Waals surface area contributed by atoms with Crippen LogP contribution in [-0.4, -0.2) is 0 Å². The van der Waals surface area contributed by atoms with Gasteiger partial charge >= 0.3 is 0 Å². The fraction of sp³-hybridized carbons (Fsp3) is 0.0196. The van der Waals surface area contributed by atoms with Crippen molar-refractivity contribution in [1.29, 1.82) is 5.26 Å².